The van der Waals surface area contributed by atoms with E-state index in [0.717, 1.165) is 64.2 Å². The molecule has 0 aromatic heterocycles. The fraction of sp³-hybridized carbons (Fsp3) is 0.833. The molecule has 0 aromatic rings. The molecule has 17 unspecified atom stereocenters. The second-order valence-corrected chi connectivity index (χ2v) is 23.6. The van der Waals surface area contributed by atoms with Gasteiger partial charge in [0.1, 0.15) is 73.2 Å². The molecule has 3 aliphatic rings. The van der Waals surface area contributed by atoms with Crippen LogP contribution in [0.1, 0.15) is 219 Å². The Morgan fingerprint density at radius 2 is 0.812 bits per heavy atom. The van der Waals surface area contributed by atoms with Gasteiger partial charge in [0.2, 0.25) is 5.91 Å². The van der Waals surface area contributed by atoms with Gasteiger partial charge in [-0.25, -0.2) is 0 Å². The van der Waals surface area contributed by atoms with E-state index in [2.05, 4.69) is 67.8 Å². The molecule has 0 aliphatic carbocycles. The Bertz CT molecular complexity index is 1780. The summed E-state index contributed by atoms with van der Waals surface area (Å²) in [6, 6.07) is -0.997. The molecule has 494 valence electrons. The van der Waals surface area contributed by atoms with E-state index in [-0.39, 0.29) is 18.9 Å². The van der Waals surface area contributed by atoms with E-state index in [4.69, 9.17) is 28.4 Å². The van der Waals surface area contributed by atoms with Crippen molar-refractivity contribution in [2.75, 3.05) is 26.4 Å². The van der Waals surface area contributed by atoms with Crippen molar-refractivity contribution in [3.8, 4) is 0 Å². The summed E-state index contributed by atoms with van der Waals surface area (Å²) in [5, 5.41) is 120. The minimum absolute atomic E-state index is 0.189. The van der Waals surface area contributed by atoms with Crippen molar-refractivity contribution in [3.05, 3.63) is 60.8 Å². The summed E-state index contributed by atoms with van der Waals surface area (Å²) in [6.45, 7) is 1.58. The smallest absolute Gasteiger partial charge is 0.220 e. The normalized spacial score (nSPS) is 29.4. The summed E-state index contributed by atoms with van der Waals surface area (Å²) in [7, 11) is 0. The lowest BCUT2D eigenvalue weighted by molar-refractivity contribution is -0.379. The Labute approximate surface area is 509 Å². The fourth-order valence-electron chi connectivity index (χ4n) is 10.9. The standard InChI is InChI=1S/C66H117NO18/c1-3-5-7-9-11-13-15-17-19-20-21-22-23-24-25-26-27-28-30-31-33-35-37-39-41-43-50(71)49(67-54(72)44-42-40-38-36-34-32-29-18-16-14-12-10-8-6-4-2)48-80-64-60(78)57(75)62(52(46-69)82-64)85-66-61(79)58(76)63(53(47-70)83-66)84-65-59(77)56(74)55(73)51(45-68)81-65/h6,8,12,14,18,29,34,36,41,43,49-53,55-66,68-71,73-79H,3-5,7,9-11,13,15-17,19-28,30-33,35,37-40,42,44-48H2,1-2H3,(H,67,72)/b8-6-,14-12-,29-18-,36-34-,43-41+. The van der Waals surface area contributed by atoms with E-state index in [9.17, 15) is 61.0 Å². The van der Waals surface area contributed by atoms with E-state index >= 15 is 0 Å². The molecule has 0 saturated carbocycles. The molecule has 0 radical (unpaired) electrons. The van der Waals surface area contributed by atoms with E-state index in [1.54, 1.807) is 6.08 Å². The highest BCUT2D eigenvalue weighted by molar-refractivity contribution is 5.76. The summed E-state index contributed by atoms with van der Waals surface area (Å²) < 4.78 is 34.3. The van der Waals surface area contributed by atoms with Crippen molar-refractivity contribution in [3.63, 3.8) is 0 Å². The minimum Gasteiger partial charge on any atom is -0.394 e. The average Bonchev–Trinajstić information content (AvgIpc) is 3.49. The summed E-state index contributed by atoms with van der Waals surface area (Å²) >= 11 is 0. The Balaban J connectivity index is 1.46. The van der Waals surface area contributed by atoms with Crippen LogP contribution in [-0.4, -0.2) is 193 Å². The lowest BCUT2D eigenvalue weighted by Gasteiger charge is -2.48. The van der Waals surface area contributed by atoms with Crippen LogP contribution in [0.4, 0.5) is 0 Å². The van der Waals surface area contributed by atoms with Crippen LogP contribution in [0.2, 0.25) is 0 Å². The Morgan fingerprint density at radius 3 is 1.27 bits per heavy atom. The maximum absolute atomic E-state index is 13.3. The first-order chi connectivity index (χ1) is 41.3. The van der Waals surface area contributed by atoms with E-state index in [1.165, 1.54) is 128 Å². The highest BCUT2D eigenvalue weighted by Crippen LogP contribution is 2.33. The lowest BCUT2D eigenvalue weighted by Crippen LogP contribution is -2.66. The van der Waals surface area contributed by atoms with Gasteiger partial charge in [-0.15, -0.1) is 0 Å². The molecule has 12 N–H and O–H groups in total. The number of nitrogens with one attached hydrogen (secondary N) is 1. The number of ether oxygens (including phenoxy) is 6. The summed E-state index contributed by atoms with van der Waals surface area (Å²) in [5.74, 6) is -0.317. The number of rotatable bonds is 49. The SMILES string of the molecule is CC/C=C\C/C=C\C/C=C\C/C=C\CCCCC(=O)NC(COC1OC(CO)C(OC2OC(CO)C(OC3OC(CO)C(O)C(O)C3O)C(O)C2O)C(O)C1O)C(O)/C=C/CCCCCCCCCCCCCCCCCCCCCCCCC. The van der Waals surface area contributed by atoms with Gasteiger partial charge in [-0.3, -0.25) is 4.79 Å². The van der Waals surface area contributed by atoms with Crippen LogP contribution in [0.15, 0.2) is 60.8 Å². The van der Waals surface area contributed by atoms with E-state index < -0.39 is 124 Å². The van der Waals surface area contributed by atoms with E-state index in [1.807, 2.05) is 6.08 Å². The topological polar surface area (TPSA) is 307 Å². The zero-order chi connectivity index (χ0) is 61.9. The van der Waals surface area contributed by atoms with Gasteiger partial charge in [-0.1, -0.05) is 216 Å². The Morgan fingerprint density at radius 1 is 0.435 bits per heavy atom. The van der Waals surface area contributed by atoms with Crippen molar-refractivity contribution in [1.82, 2.24) is 5.32 Å². The van der Waals surface area contributed by atoms with Crippen molar-refractivity contribution < 1.29 is 89.4 Å². The average molecular weight is 1210 g/mol. The van der Waals surface area contributed by atoms with Gasteiger partial charge in [0.05, 0.1) is 38.6 Å². The third kappa shape index (κ3) is 31.2. The first-order valence-electron chi connectivity index (χ1n) is 33.0. The number of allylic oxidation sites excluding steroid dienone is 9. The molecule has 1 amide bonds. The molecule has 85 heavy (non-hydrogen) atoms. The number of carbonyl (C=O) groups is 1. The molecule has 3 rings (SSSR count). The number of hydrogen-bond donors (Lipinski definition) is 12. The molecule has 0 aromatic carbocycles. The maximum atomic E-state index is 13.3. The fourth-order valence-corrected chi connectivity index (χ4v) is 10.9. The predicted molar refractivity (Wildman–Crippen MR) is 328 cm³/mol. The monoisotopic (exact) mass is 1210 g/mol. The molecule has 3 fully saturated rings. The number of amides is 1. The lowest BCUT2D eigenvalue weighted by atomic mass is 9.96. The predicted octanol–water partition coefficient (Wildman–Crippen LogP) is 7.60. The number of unbranched alkanes of at least 4 members (excludes halogenated alkanes) is 25. The highest BCUT2D eigenvalue weighted by atomic mass is 16.8. The largest absolute Gasteiger partial charge is 0.394 e. The van der Waals surface area contributed by atoms with Gasteiger partial charge in [-0.2, -0.15) is 0 Å². The summed E-state index contributed by atoms with van der Waals surface area (Å²) in [5.41, 5.74) is 0. The maximum Gasteiger partial charge on any atom is 0.220 e. The zero-order valence-electron chi connectivity index (χ0n) is 51.8. The van der Waals surface area contributed by atoms with Gasteiger partial charge < -0.3 is 89.9 Å². The quantitative estimate of drug-likeness (QED) is 0.0206. The molecule has 3 saturated heterocycles. The Hall–Kier alpha value is -2.51. The minimum atomic E-state index is -1.98. The summed E-state index contributed by atoms with van der Waals surface area (Å²) in [4.78, 5) is 13.3. The van der Waals surface area contributed by atoms with Crippen molar-refractivity contribution in [1.29, 1.82) is 0 Å². The van der Waals surface area contributed by atoms with Gasteiger partial charge in [0.25, 0.3) is 0 Å². The van der Waals surface area contributed by atoms with Crippen LogP contribution in [0.25, 0.3) is 0 Å². The number of aliphatic hydroxyl groups is 11. The molecule has 0 spiro atoms. The number of carbonyl (C=O) groups excluding carboxylic acids is 1. The van der Waals surface area contributed by atoms with Gasteiger partial charge in [0, 0.05) is 6.42 Å². The van der Waals surface area contributed by atoms with Crippen LogP contribution in [0.5, 0.6) is 0 Å². The van der Waals surface area contributed by atoms with Crippen LogP contribution < -0.4 is 5.32 Å². The third-order valence-corrected chi connectivity index (χ3v) is 16.3. The molecule has 3 aliphatic heterocycles. The van der Waals surface area contributed by atoms with Gasteiger partial charge >= 0.3 is 0 Å². The van der Waals surface area contributed by atoms with Crippen molar-refractivity contribution in [2.24, 2.45) is 0 Å². The van der Waals surface area contributed by atoms with Crippen LogP contribution in [0.3, 0.4) is 0 Å². The third-order valence-electron chi connectivity index (χ3n) is 16.3. The van der Waals surface area contributed by atoms with Gasteiger partial charge in [-0.05, 0) is 57.8 Å². The molecule has 0 bridgehead atoms. The van der Waals surface area contributed by atoms with Crippen molar-refractivity contribution >= 4 is 5.91 Å². The first kappa shape index (κ1) is 76.7. The van der Waals surface area contributed by atoms with Gasteiger partial charge in [0.15, 0.2) is 18.9 Å². The first-order valence-corrected chi connectivity index (χ1v) is 33.0. The zero-order valence-corrected chi connectivity index (χ0v) is 51.8. The summed E-state index contributed by atoms with van der Waals surface area (Å²) in [6.07, 6.45) is 30.7. The molecule has 17 atom stereocenters. The van der Waals surface area contributed by atoms with Crippen LogP contribution >= 0.6 is 0 Å². The van der Waals surface area contributed by atoms with Crippen molar-refractivity contribution in [2.45, 2.75) is 324 Å². The molecule has 19 nitrogen and oxygen atoms in total. The number of hydrogen-bond acceptors (Lipinski definition) is 18. The Kier molecular flexibility index (Phi) is 43.7. The van der Waals surface area contributed by atoms with Crippen LogP contribution in [-0.2, 0) is 33.2 Å². The molecular formula is C66H117NO18. The second-order valence-electron chi connectivity index (χ2n) is 23.6. The molecule has 3 heterocycles. The van der Waals surface area contributed by atoms with E-state index in [0.29, 0.717) is 6.42 Å². The van der Waals surface area contributed by atoms with Crippen LogP contribution in [0, 0.1) is 0 Å². The molecular weight excluding hydrogens is 1090 g/mol. The number of aliphatic hydroxyl groups excluding tert-OH is 11. The second kappa shape index (κ2) is 48.4. The highest BCUT2D eigenvalue weighted by Gasteiger charge is 2.53. The molecule has 19 heteroatoms.